The van der Waals surface area contributed by atoms with Gasteiger partial charge in [0, 0.05) is 10.9 Å². The van der Waals surface area contributed by atoms with Crippen molar-refractivity contribution in [1.29, 1.82) is 0 Å². The van der Waals surface area contributed by atoms with Gasteiger partial charge in [0.2, 0.25) is 0 Å². The van der Waals surface area contributed by atoms with Crippen LogP contribution in [0.15, 0.2) is 16.8 Å². The molecule has 0 aromatic carbocycles. The molecule has 3 atom stereocenters. The van der Waals surface area contributed by atoms with E-state index in [2.05, 4.69) is 5.32 Å². The zero-order valence-corrected chi connectivity index (χ0v) is 10.3. The first-order chi connectivity index (χ1) is 8.18. The smallest absolute Gasteiger partial charge is 0.252 e. The van der Waals surface area contributed by atoms with E-state index >= 15 is 0 Å². The Morgan fingerprint density at radius 1 is 1.35 bits per heavy atom. The lowest BCUT2D eigenvalue weighted by atomic mass is 10.0. The van der Waals surface area contributed by atoms with Crippen molar-refractivity contribution in [1.82, 2.24) is 5.32 Å². The minimum atomic E-state index is -0.861. The number of hydrogen-bond acceptors (Lipinski definition) is 4. The van der Waals surface area contributed by atoms with Gasteiger partial charge in [-0.25, -0.2) is 0 Å². The quantitative estimate of drug-likeness (QED) is 0.694. The van der Waals surface area contributed by atoms with Crippen LogP contribution in [0.25, 0.3) is 0 Å². The first-order valence-electron chi connectivity index (χ1n) is 5.87. The molecule has 4 nitrogen and oxygen atoms in total. The Balaban J connectivity index is 1.99. The van der Waals surface area contributed by atoms with Crippen LogP contribution in [0.2, 0.25) is 0 Å². The van der Waals surface area contributed by atoms with Crippen LogP contribution in [0.3, 0.4) is 0 Å². The van der Waals surface area contributed by atoms with Gasteiger partial charge in [-0.1, -0.05) is 12.8 Å². The molecule has 1 aromatic rings. The van der Waals surface area contributed by atoms with Crippen LogP contribution in [-0.4, -0.2) is 34.4 Å². The van der Waals surface area contributed by atoms with E-state index in [1.54, 1.807) is 11.4 Å². The number of aliphatic hydroxyl groups excluding tert-OH is 2. The summed E-state index contributed by atoms with van der Waals surface area (Å²) in [6, 6.07) is 1.40. The van der Waals surface area contributed by atoms with Gasteiger partial charge in [0.05, 0.1) is 18.2 Å². The summed E-state index contributed by atoms with van der Waals surface area (Å²) in [6.07, 6.45) is 1.54. The van der Waals surface area contributed by atoms with Crippen molar-refractivity contribution in [3.8, 4) is 0 Å². The zero-order chi connectivity index (χ0) is 12.3. The van der Waals surface area contributed by atoms with E-state index in [1.807, 2.05) is 5.38 Å². The first-order valence-corrected chi connectivity index (χ1v) is 6.82. The summed E-state index contributed by atoms with van der Waals surface area (Å²) in [5, 5.41) is 26.0. The summed E-state index contributed by atoms with van der Waals surface area (Å²) in [4.78, 5) is 11.8. The Morgan fingerprint density at radius 3 is 2.82 bits per heavy atom. The van der Waals surface area contributed by atoms with Crippen LogP contribution in [0.1, 0.15) is 36.0 Å². The van der Waals surface area contributed by atoms with Gasteiger partial charge in [-0.15, -0.1) is 0 Å². The third-order valence-corrected chi connectivity index (χ3v) is 3.85. The predicted molar refractivity (Wildman–Crippen MR) is 66.1 cm³/mol. The molecule has 94 valence electrons. The first kappa shape index (κ1) is 12.5. The molecule has 0 bridgehead atoms. The molecule has 5 heteroatoms. The summed E-state index contributed by atoms with van der Waals surface area (Å²) >= 11 is 1.46. The third kappa shape index (κ3) is 3.06. The second-order valence-electron chi connectivity index (χ2n) is 4.43. The highest BCUT2D eigenvalue weighted by Gasteiger charge is 2.29. The summed E-state index contributed by atoms with van der Waals surface area (Å²) in [5.41, 5.74) is 0.612. The molecule has 1 aliphatic rings. The molecule has 0 radical (unpaired) electrons. The van der Waals surface area contributed by atoms with Gasteiger partial charge in [0.25, 0.3) is 5.91 Å². The Hall–Kier alpha value is -0.910. The van der Waals surface area contributed by atoms with Crippen molar-refractivity contribution in [2.24, 2.45) is 0 Å². The standard InChI is InChI=1S/C12H17NO3S/c14-10-4-2-1-3-9(11(10)15)13-12(16)8-5-6-17-7-8/h5-7,9-11,14-15H,1-4H2,(H,13,16)/t9-,10-,11-/m1/s1. The largest absolute Gasteiger partial charge is 0.390 e. The fourth-order valence-corrected chi connectivity index (χ4v) is 2.77. The summed E-state index contributed by atoms with van der Waals surface area (Å²) < 4.78 is 0. The average molecular weight is 255 g/mol. The molecule has 1 aliphatic carbocycles. The molecule has 0 spiro atoms. The highest BCUT2D eigenvalue weighted by Crippen LogP contribution is 2.19. The van der Waals surface area contributed by atoms with Gasteiger partial charge in [0.15, 0.2) is 0 Å². The molecule has 0 aliphatic heterocycles. The van der Waals surface area contributed by atoms with Crippen LogP contribution in [0.4, 0.5) is 0 Å². The maximum atomic E-state index is 11.8. The summed E-state index contributed by atoms with van der Waals surface area (Å²) in [6.45, 7) is 0. The second kappa shape index (κ2) is 5.62. The molecule has 1 aromatic heterocycles. The number of amides is 1. The summed E-state index contributed by atoms with van der Waals surface area (Å²) in [5.74, 6) is -0.176. The van der Waals surface area contributed by atoms with E-state index in [1.165, 1.54) is 11.3 Å². The number of rotatable bonds is 2. The molecular formula is C12H17NO3S. The van der Waals surface area contributed by atoms with Gasteiger partial charge >= 0.3 is 0 Å². The van der Waals surface area contributed by atoms with Crippen molar-refractivity contribution >= 4 is 17.2 Å². The SMILES string of the molecule is O=C(N[C@@H]1CCCC[C@@H](O)[C@@H]1O)c1ccsc1. The lowest BCUT2D eigenvalue weighted by Crippen LogP contribution is -2.47. The second-order valence-corrected chi connectivity index (χ2v) is 5.21. The van der Waals surface area contributed by atoms with E-state index in [0.717, 1.165) is 12.8 Å². The van der Waals surface area contributed by atoms with Crippen molar-refractivity contribution in [2.75, 3.05) is 0 Å². The molecule has 1 amide bonds. The van der Waals surface area contributed by atoms with Gasteiger partial charge in [-0.3, -0.25) is 4.79 Å². The van der Waals surface area contributed by atoms with Crippen LogP contribution >= 0.6 is 11.3 Å². The Morgan fingerprint density at radius 2 is 2.12 bits per heavy atom. The average Bonchev–Trinajstić information content (AvgIpc) is 2.80. The van der Waals surface area contributed by atoms with Crippen molar-refractivity contribution in [2.45, 2.75) is 43.9 Å². The predicted octanol–water partition coefficient (Wildman–Crippen LogP) is 1.14. The number of aliphatic hydroxyl groups is 2. The lowest BCUT2D eigenvalue weighted by molar-refractivity contribution is -0.00124. The maximum Gasteiger partial charge on any atom is 0.252 e. The van der Waals surface area contributed by atoms with Crippen LogP contribution in [-0.2, 0) is 0 Å². The molecule has 1 saturated carbocycles. The van der Waals surface area contributed by atoms with Crippen molar-refractivity contribution in [3.63, 3.8) is 0 Å². The highest BCUT2D eigenvalue weighted by atomic mass is 32.1. The van der Waals surface area contributed by atoms with E-state index in [-0.39, 0.29) is 11.9 Å². The normalized spacial score (nSPS) is 29.6. The van der Waals surface area contributed by atoms with E-state index in [0.29, 0.717) is 18.4 Å². The van der Waals surface area contributed by atoms with Gasteiger partial charge in [-0.05, 0) is 24.3 Å². The van der Waals surface area contributed by atoms with Gasteiger partial charge < -0.3 is 15.5 Å². The fourth-order valence-electron chi connectivity index (χ4n) is 2.13. The Kier molecular flexibility index (Phi) is 4.15. The molecule has 2 rings (SSSR count). The number of thiophene rings is 1. The Labute approximate surface area is 104 Å². The fraction of sp³-hybridized carbons (Fsp3) is 0.583. The number of nitrogens with one attached hydrogen (secondary N) is 1. The molecule has 0 unspecified atom stereocenters. The minimum absolute atomic E-state index is 0.176. The third-order valence-electron chi connectivity index (χ3n) is 3.17. The van der Waals surface area contributed by atoms with Crippen LogP contribution in [0, 0.1) is 0 Å². The molecule has 0 saturated heterocycles. The minimum Gasteiger partial charge on any atom is -0.390 e. The van der Waals surface area contributed by atoms with E-state index in [4.69, 9.17) is 0 Å². The monoisotopic (exact) mass is 255 g/mol. The molecule has 1 heterocycles. The number of carbonyl (C=O) groups is 1. The lowest BCUT2D eigenvalue weighted by Gasteiger charge is -2.24. The zero-order valence-electron chi connectivity index (χ0n) is 9.50. The maximum absolute atomic E-state index is 11.8. The Bertz CT molecular complexity index is 366. The van der Waals surface area contributed by atoms with E-state index < -0.39 is 12.2 Å². The van der Waals surface area contributed by atoms with Gasteiger partial charge in [0.1, 0.15) is 0 Å². The molecule has 1 fully saturated rings. The number of hydrogen-bond donors (Lipinski definition) is 3. The van der Waals surface area contributed by atoms with Crippen LogP contribution in [0.5, 0.6) is 0 Å². The molecular weight excluding hydrogens is 238 g/mol. The van der Waals surface area contributed by atoms with Crippen molar-refractivity contribution in [3.05, 3.63) is 22.4 Å². The molecule has 17 heavy (non-hydrogen) atoms. The number of carbonyl (C=O) groups excluding carboxylic acids is 1. The topological polar surface area (TPSA) is 69.6 Å². The molecule has 3 N–H and O–H groups in total. The van der Waals surface area contributed by atoms with Gasteiger partial charge in [-0.2, -0.15) is 11.3 Å². The van der Waals surface area contributed by atoms with Crippen LogP contribution < -0.4 is 5.32 Å². The summed E-state index contributed by atoms with van der Waals surface area (Å²) in [7, 11) is 0. The van der Waals surface area contributed by atoms with E-state index in [9.17, 15) is 15.0 Å². The van der Waals surface area contributed by atoms with Crippen molar-refractivity contribution < 1.29 is 15.0 Å². The highest BCUT2D eigenvalue weighted by molar-refractivity contribution is 7.08.